The number of para-hydroxylation sites is 1. The van der Waals surface area contributed by atoms with Crippen LogP contribution in [-0.2, 0) is 15.8 Å². The van der Waals surface area contributed by atoms with Gasteiger partial charge in [0.1, 0.15) is 0 Å². The maximum atomic E-state index is 12.3. The zero-order valence-corrected chi connectivity index (χ0v) is 11.6. The topological polar surface area (TPSA) is 101 Å². The Labute approximate surface area is 117 Å². The molecule has 1 heterocycles. The van der Waals surface area contributed by atoms with E-state index in [0.29, 0.717) is 12.8 Å². The minimum absolute atomic E-state index is 0.184. The molecule has 7 nitrogen and oxygen atoms in total. The Morgan fingerprint density at radius 2 is 1.90 bits per heavy atom. The van der Waals surface area contributed by atoms with Crippen molar-refractivity contribution in [2.75, 3.05) is 13.1 Å². The number of piperidine rings is 1. The number of hydrogen-bond acceptors (Lipinski definition) is 5. The van der Waals surface area contributed by atoms with Crippen molar-refractivity contribution in [3.05, 3.63) is 39.9 Å². The Balaban J connectivity index is 2.18. The monoisotopic (exact) mass is 300 g/mol. The number of nitrogens with zero attached hydrogens (tertiary/aromatic N) is 2. The Hall–Kier alpha value is -1.51. The summed E-state index contributed by atoms with van der Waals surface area (Å²) in [6, 6.07) is 5.84. The van der Waals surface area contributed by atoms with Gasteiger partial charge in [-0.3, -0.25) is 10.1 Å². The molecule has 0 aliphatic carbocycles. The molecule has 0 aromatic heterocycles. The fourth-order valence-electron chi connectivity index (χ4n) is 2.22. The van der Waals surface area contributed by atoms with E-state index in [2.05, 4.69) is 0 Å². The van der Waals surface area contributed by atoms with Crippen LogP contribution in [0.1, 0.15) is 18.4 Å². The highest BCUT2D eigenvalue weighted by molar-refractivity contribution is 7.88. The van der Waals surface area contributed by atoms with E-state index < -0.39 is 21.1 Å². The highest BCUT2D eigenvalue weighted by atomic mass is 32.2. The molecule has 2 rings (SSSR count). The fourth-order valence-corrected chi connectivity index (χ4v) is 3.81. The molecule has 1 aromatic rings. The van der Waals surface area contributed by atoms with Gasteiger partial charge in [0.15, 0.2) is 0 Å². The van der Waals surface area contributed by atoms with Gasteiger partial charge in [-0.15, -0.1) is 0 Å². The van der Waals surface area contributed by atoms with Crippen molar-refractivity contribution in [3.8, 4) is 0 Å². The third-order valence-electron chi connectivity index (χ3n) is 3.34. The molecule has 1 aliphatic heterocycles. The van der Waals surface area contributed by atoms with Crippen LogP contribution in [0.4, 0.5) is 5.69 Å². The smallest absolute Gasteiger partial charge is 0.273 e. The number of aliphatic hydroxyl groups excluding tert-OH is 1. The molecule has 0 unspecified atom stereocenters. The van der Waals surface area contributed by atoms with Gasteiger partial charge in [-0.25, -0.2) is 12.7 Å². The summed E-state index contributed by atoms with van der Waals surface area (Å²) in [7, 11) is -3.60. The molecule has 0 amide bonds. The SMILES string of the molecule is O=[N+]([O-])c1ccccc1CS(=O)(=O)N1CCC(O)CC1. The van der Waals surface area contributed by atoms with E-state index in [1.54, 1.807) is 6.07 Å². The van der Waals surface area contributed by atoms with Crippen molar-refractivity contribution >= 4 is 15.7 Å². The van der Waals surface area contributed by atoms with Gasteiger partial charge in [-0.2, -0.15) is 0 Å². The molecule has 1 fully saturated rings. The Kier molecular flexibility index (Phi) is 4.36. The second-order valence-electron chi connectivity index (χ2n) is 4.77. The summed E-state index contributed by atoms with van der Waals surface area (Å²) in [6.07, 6.45) is 0.333. The van der Waals surface area contributed by atoms with Crippen molar-refractivity contribution in [2.45, 2.75) is 24.7 Å². The summed E-state index contributed by atoms with van der Waals surface area (Å²) < 4.78 is 25.8. The summed E-state index contributed by atoms with van der Waals surface area (Å²) in [5, 5.41) is 20.3. The molecule has 0 atom stereocenters. The molecule has 0 saturated carbocycles. The average Bonchev–Trinajstić information content (AvgIpc) is 2.39. The van der Waals surface area contributed by atoms with Crippen LogP contribution in [0.25, 0.3) is 0 Å². The molecular formula is C12H16N2O5S. The standard InChI is InChI=1S/C12H16N2O5S/c15-11-5-7-13(8-6-11)20(18,19)9-10-3-1-2-4-12(10)14(16)17/h1-4,11,15H,5-9H2. The Morgan fingerprint density at radius 1 is 1.30 bits per heavy atom. The first-order valence-electron chi connectivity index (χ1n) is 6.28. The molecule has 20 heavy (non-hydrogen) atoms. The number of hydrogen-bond donors (Lipinski definition) is 1. The third kappa shape index (κ3) is 3.33. The summed E-state index contributed by atoms with van der Waals surface area (Å²) in [6.45, 7) is 0.508. The molecular weight excluding hydrogens is 284 g/mol. The number of nitro benzene ring substituents is 1. The highest BCUT2D eigenvalue weighted by Gasteiger charge is 2.29. The maximum absolute atomic E-state index is 12.3. The lowest BCUT2D eigenvalue weighted by atomic mass is 10.1. The van der Waals surface area contributed by atoms with E-state index in [1.165, 1.54) is 22.5 Å². The van der Waals surface area contributed by atoms with Crippen LogP contribution in [-0.4, -0.2) is 41.9 Å². The van der Waals surface area contributed by atoms with Crippen molar-refractivity contribution in [1.29, 1.82) is 0 Å². The quantitative estimate of drug-likeness (QED) is 0.657. The van der Waals surface area contributed by atoms with E-state index >= 15 is 0 Å². The minimum atomic E-state index is -3.60. The molecule has 1 aliphatic rings. The van der Waals surface area contributed by atoms with E-state index in [1.807, 2.05) is 0 Å². The molecule has 0 radical (unpaired) electrons. The normalized spacial score (nSPS) is 18.1. The lowest BCUT2D eigenvalue weighted by molar-refractivity contribution is -0.385. The van der Waals surface area contributed by atoms with Crippen LogP contribution in [0.3, 0.4) is 0 Å². The molecule has 0 spiro atoms. The average molecular weight is 300 g/mol. The third-order valence-corrected chi connectivity index (χ3v) is 5.17. The van der Waals surface area contributed by atoms with Gasteiger partial charge in [0.25, 0.3) is 5.69 Å². The van der Waals surface area contributed by atoms with Gasteiger partial charge in [0.05, 0.1) is 16.8 Å². The molecule has 1 aromatic carbocycles. The van der Waals surface area contributed by atoms with E-state index in [9.17, 15) is 23.6 Å². The zero-order chi connectivity index (χ0) is 14.8. The van der Waals surface area contributed by atoms with Crippen LogP contribution >= 0.6 is 0 Å². The van der Waals surface area contributed by atoms with E-state index in [0.717, 1.165) is 0 Å². The van der Waals surface area contributed by atoms with Gasteiger partial charge in [-0.1, -0.05) is 18.2 Å². The minimum Gasteiger partial charge on any atom is -0.393 e. The van der Waals surface area contributed by atoms with Gasteiger partial charge in [-0.05, 0) is 12.8 Å². The lowest BCUT2D eigenvalue weighted by Crippen LogP contribution is -2.40. The molecule has 1 saturated heterocycles. The van der Waals surface area contributed by atoms with Crippen LogP contribution in [0.15, 0.2) is 24.3 Å². The van der Waals surface area contributed by atoms with Gasteiger partial charge >= 0.3 is 0 Å². The molecule has 1 N–H and O–H groups in total. The van der Waals surface area contributed by atoms with Crippen LogP contribution in [0, 0.1) is 10.1 Å². The summed E-state index contributed by atoms with van der Waals surface area (Å²) >= 11 is 0. The van der Waals surface area contributed by atoms with Crippen molar-refractivity contribution < 1.29 is 18.4 Å². The van der Waals surface area contributed by atoms with Crippen molar-refractivity contribution in [1.82, 2.24) is 4.31 Å². The maximum Gasteiger partial charge on any atom is 0.273 e. The number of nitro groups is 1. The van der Waals surface area contributed by atoms with E-state index in [4.69, 9.17) is 0 Å². The molecule has 8 heteroatoms. The molecule has 0 bridgehead atoms. The number of aliphatic hydroxyl groups is 1. The lowest BCUT2D eigenvalue weighted by Gasteiger charge is -2.28. The van der Waals surface area contributed by atoms with Crippen LogP contribution in [0.5, 0.6) is 0 Å². The van der Waals surface area contributed by atoms with E-state index in [-0.39, 0.29) is 30.1 Å². The first-order chi connectivity index (χ1) is 9.40. The highest BCUT2D eigenvalue weighted by Crippen LogP contribution is 2.23. The van der Waals surface area contributed by atoms with Crippen LogP contribution in [0.2, 0.25) is 0 Å². The molecule has 110 valence electrons. The largest absolute Gasteiger partial charge is 0.393 e. The fraction of sp³-hybridized carbons (Fsp3) is 0.500. The number of sulfonamides is 1. The van der Waals surface area contributed by atoms with Crippen LogP contribution < -0.4 is 0 Å². The summed E-state index contributed by atoms with van der Waals surface area (Å²) in [4.78, 5) is 10.3. The van der Waals surface area contributed by atoms with Gasteiger partial charge < -0.3 is 5.11 Å². The number of benzene rings is 1. The Bertz CT molecular complexity index is 594. The zero-order valence-electron chi connectivity index (χ0n) is 10.8. The van der Waals surface area contributed by atoms with Gasteiger partial charge in [0, 0.05) is 24.7 Å². The second kappa shape index (κ2) is 5.86. The first kappa shape index (κ1) is 14.9. The summed E-state index contributed by atoms with van der Waals surface area (Å²) in [5.41, 5.74) is -0.00302. The predicted octanol–water partition coefficient (Wildman–Crippen LogP) is 0.881. The van der Waals surface area contributed by atoms with Gasteiger partial charge in [0.2, 0.25) is 10.0 Å². The first-order valence-corrected chi connectivity index (χ1v) is 7.89. The summed E-state index contributed by atoms with van der Waals surface area (Å²) in [5.74, 6) is -0.389. The Morgan fingerprint density at radius 3 is 2.50 bits per heavy atom. The predicted molar refractivity (Wildman–Crippen MR) is 72.5 cm³/mol. The second-order valence-corrected chi connectivity index (χ2v) is 6.74. The number of rotatable bonds is 4. The van der Waals surface area contributed by atoms with Crippen molar-refractivity contribution in [2.24, 2.45) is 0 Å². The van der Waals surface area contributed by atoms with Crippen molar-refractivity contribution in [3.63, 3.8) is 0 Å².